The van der Waals surface area contributed by atoms with Crippen molar-refractivity contribution >= 4 is 24.0 Å². The molecule has 3 aliphatic rings. The number of allylic oxidation sites excluding steroid dienone is 1. The SMILES string of the molecule is CC1CC(N2CCc3c(-c4cccc(C(=O)O)c4)nc(N4CCOCC4)nc32)=CC=N1. The van der Waals surface area contributed by atoms with Gasteiger partial charge in [-0.1, -0.05) is 12.1 Å². The van der Waals surface area contributed by atoms with Crippen molar-refractivity contribution in [3.8, 4) is 11.3 Å². The van der Waals surface area contributed by atoms with E-state index in [-0.39, 0.29) is 11.6 Å². The topological polar surface area (TPSA) is 91.2 Å². The molecule has 0 spiro atoms. The normalized spacial score (nSPS) is 20.5. The van der Waals surface area contributed by atoms with Gasteiger partial charge >= 0.3 is 5.97 Å². The Balaban J connectivity index is 1.63. The molecule has 1 aromatic heterocycles. The van der Waals surface area contributed by atoms with Crippen molar-refractivity contribution in [1.29, 1.82) is 0 Å². The van der Waals surface area contributed by atoms with Crippen LogP contribution in [-0.4, -0.2) is 66.1 Å². The van der Waals surface area contributed by atoms with Crippen molar-refractivity contribution in [1.82, 2.24) is 9.97 Å². The van der Waals surface area contributed by atoms with E-state index >= 15 is 0 Å². The molecule has 2 aromatic rings. The molecular weight excluding hydrogens is 394 g/mol. The molecule has 1 saturated heterocycles. The molecule has 3 aliphatic heterocycles. The summed E-state index contributed by atoms with van der Waals surface area (Å²) in [7, 11) is 0. The van der Waals surface area contributed by atoms with E-state index in [1.54, 1.807) is 18.2 Å². The van der Waals surface area contributed by atoms with E-state index in [1.807, 2.05) is 12.3 Å². The number of morpholine rings is 1. The van der Waals surface area contributed by atoms with Gasteiger partial charge in [-0.3, -0.25) is 4.99 Å². The maximum absolute atomic E-state index is 11.5. The molecule has 1 fully saturated rings. The van der Waals surface area contributed by atoms with E-state index < -0.39 is 5.97 Å². The molecule has 8 nitrogen and oxygen atoms in total. The van der Waals surface area contributed by atoms with Gasteiger partial charge in [-0.25, -0.2) is 9.78 Å². The Morgan fingerprint density at radius 3 is 2.81 bits per heavy atom. The maximum atomic E-state index is 11.5. The minimum absolute atomic E-state index is 0.247. The van der Waals surface area contributed by atoms with Crippen molar-refractivity contribution in [2.75, 3.05) is 42.6 Å². The first-order valence-corrected chi connectivity index (χ1v) is 10.7. The summed E-state index contributed by atoms with van der Waals surface area (Å²) in [5.74, 6) is 0.645. The molecule has 1 unspecified atom stereocenters. The van der Waals surface area contributed by atoms with Gasteiger partial charge in [0.1, 0.15) is 5.82 Å². The molecule has 0 bridgehead atoms. The van der Waals surface area contributed by atoms with Crippen LogP contribution in [0.15, 0.2) is 41.0 Å². The average molecular weight is 419 g/mol. The highest BCUT2D eigenvalue weighted by molar-refractivity contribution is 5.90. The van der Waals surface area contributed by atoms with Gasteiger partial charge in [0.2, 0.25) is 5.95 Å². The fraction of sp³-hybridized carbons (Fsp3) is 0.391. The number of anilines is 2. The summed E-state index contributed by atoms with van der Waals surface area (Å²) in [4.78, 5) is 30.3. The van der Waals surface area contributed by atoms with Crippen molar-refractivity contribution in [2.24, 2.45) is 4.99 Å². The molecule has 1 N–H and O–H groups in total. The standard InChI is InChI=1S/C23H25N5O3/c1-15-13-18(5-7-24-15)28-8-6-19-20(16-3-2-4-17(14-16)22(29)30)25-23(26-21(19)28)27-9-11-31-12-10-27/h2-5,7,14-15H,6,8-13H2,1H3,(H,29,30). The van der Waals surface area contributed by atoms with Crippen LogP contribution >= 0.6 is 0 Å². The Morgan fingerprint density at radius 2 is 2.03 bits per heavy atom. The Bertz CT molecular complexity index is 1070. The van der Waals surface area contributed by atoms with Crippen LogP contribution in [0, 0.1) is 0 Å². The Hall–Kier alpha value is -3.26. The number of carbonyl (C=O) groups is 1. The van der Waals surface area contributed by atoms with Crippen LogP contribution in [-0.2, 0) is 11.2 Å². The van der Waals surface area contributed by atoms with E-state index in [1.165, 1.54) is 5.70 Å². The number of fused-ring (bicyclic) bond motifs is 1. The second-order valence-electron chi connectivity index (χ2n) is 8.07. The number of benzene rings is 1. The number of carboxylic acids is 1. The summed E-state index contributed by atoms with van der Waals surface area (Å²) in [6.45, 7) is 5.71. The Morgan fingerprint density at radius 1 is 1.19 bits per heavy atom. The van der Waals surface area contributed by atoms with Crippen molar-refractivity contribution < 1.29 is 14.6 Å². The molecule has 0 radical (unpaired) electrons. The van der Waals surface area contributed by atoms with Crippen LogP contribution < -0.4 is 9.80 Å². The first-order chi connectivity index (χ1) is 15.1. The molecule has 8 heteroatoms. The van der Waals surface area contributed by atoms with Gasteiger partial charge < -0.3 is 19.6 Å². The fourth-order valence-electron chi connectivity index (χ4n) is 4.37. The minimum Gasteiger partial charge on any atom is -0.478 e. The zero-order valence-corrected chi connectivity index (χ0v) is 17.5. The molecule has 1 atom stereocenters. The van der Waals surface area contributed by atoms with Gasteiger partial charge in [-0.2, -0.15) is 4.98 Å². The van der Waals surface area contributed by atoms with Crippen LogP contribution in [0.1, 0.15) is 29.3 Å². The molecule has 1 aromatic carbocycles. The predicted molar refractivity (Wildman–Crippen MR) is 119 cm³/mol. The van der Waals surface area contributed by atoms with Gasteiger partial charge in [0.25, 0.3) is 0 Å². The molecule has 31 heavy (non-hydrogen) atoms. The third-order valence-corrected chi connectivity index (χ3v) is 5.95. The zero-order valence-electron chi connectivity index (χ0n) is 17.5. The smallest absolute Gasteiger partial charge is 0.335 e. The van der Waals surface area contributed by atoms with Gasteiger partial charge in [-0.05, 0) is 31.6 Å². The van der Waals surface area contributed by atoms with Gasteiger partial charge in [-0.15, -0.1) is 0 Å². The number of hydrogen-bond donors (Lipinski definition) is 1. The van der Waals surface area contributed by atoms with Crippen LogP contribution in [0.25, 0.3) is 11.3 Å². The lowest BCUT2D eigenvalue weighted by atomic mass is 10.0. The second kappa shape index (κ2) is 8.11. The summed E-state index contributed by atoms with van der Waals surface area (Å²) in [6, 6.07) is 7.25. The molecular formula is C23H25N5O3. The number of rotatable bonds is 4. The number of aromatic carboxylic acids is 1. The van der Waals surface area contributed by atoms with Crippen molar-refractivity contribution in [3.05, 3.63) is 47.2 Å². The Labute approximate surface area is 180 Å². The lowest BCUT2D eigenvalue weighted by Gasteiger charge is -2.29. The highest BCUT2D eigenvalue weighted by atomic mass is 16.5. The van der Waals surface area contributed by atoms with E-state index in [2.05, 4.69) is 27.8 Å². The van der Waals surface area contributed by atoms with Gasteiger partial charge in [0.05, 0.1) is 30.5 Å². The Kier molecular flexibility index (Phi) is 5.15. The molecule has 0 aliphatic carbocycles. The van der Waals surface area contributed by atoms with E-state index in [0.717, 1.165) is 55.1 Å². The number of carboxylic acid groups (broad SMARTS) is 1. The van der Waals surface area contributed by atoms with Gasteiger partial charge in [0, 0.05) is 49.1 Å². The number of ether oxygens (including phenoxy) is 1. The zero-order chi connectivity index (χ0) is 21.4. The number of aliphatic imine (C=N–C) groups is 1. The number of aromatic nitrogens is 2. The maximum Gasteiger partial charge on any atom is 0.335 e. The predicted octanol–water partition coefficient (Wildman–Crippen LogP) is 2.79. The fourth-order valence-corrected chi connectivity index (χ4v) is 4.37. The lowest BCUT2D eigenvalue weighted by molar-refractivity contribution is 0.0697. The van der Waals surface area contributed by atoms with Crippen LogP contribution in [0.2, 0.25) is 0 Å². The highest BCUT2D eigenvalue weighted by Crippen LogP contribution is 2.38. The molecule has 160 valence electrons. The van der Waals surface area contributed by atoms with Crippen molar-refractivity contribution in [2.45, 2.75) is 25.8 Å². The summed E-state index contributed by atoms with van der Waals surface area (Å²) in [5, 5.41) is 9.46. The van der Waals surface area contributed by atoms with Crippen LogP contribution in [0.5, 0.6) is 0 Å². The van der Waals surface area contributed by atoms with E-state index in [0.29, 0.717) is 19.2 Å². The minimum atomic E-state index is -0.941. The number of dihydropyridines is 1. The summed E-state index contributed by atoms with van der Waals surface area (Å²) < 4.78 is 5.50. The summed E-state index contributed by atoms with van der Waals surface area (Å²) in [5.41, 5.74) is 4.15. The molecule has 4 heterocycles. The monoisotopic (exact) mass is 419 g/mol. The first-order valence-electron chi connectivity index (χ1n) is 10.7. The third-order valence-electron chi connectivity index (χ3n) is 5.95. The van der Waals surface area contributed by atoms with E-state index in [4.69, 9.17) is 14.7 Å². The van der Waals surface area contributed by atoms with Crippen molar-refractivity contribution in [3.63, 3.8) is 0 Å². The van der Waals surface area contributed by atoms with Crippen LogP contribution in [0.4, 0.5) is 11.8 Å². The third kappa shape index (κ3) is 3.79. The largest absolute Gasteiger partial charge is 0.478 e. The number of nitrogens with zero attached hydrogens (tertiary/aromatic N) is 5. The lowest BCUT2D eigenvalue weighted by Crippen LogP contribution is -2.37. The van der Waals surface area contributed by atoms with Crippen LogP contribution in [0.3, 0.4) is 0 Å². The quantitative estimate of drug-likeness (QED) is 0.815. The van der Waals surface area contributed by atoms with Gasteiger partial charge in [0.15, 0.2) is 0 Å². The summed E-state index contributed by atoms with van der Waals surface area (Å²) in [6.07, 6.45) is 5.63. The first kappa shape index (κ1) is 19.7. The molecule has 0 amide bonds. The van der Waals surface area contributed by atoms with E-state index in [9.17, 15) is 9.90 Å². The summed E-state index contributed by atoms with van der Waals surface area (Å²) >= 11 is 0. The highest BCUT2D eigenvalue weighted by Gasteiger charge is 2.31. The molecule has 5 rings (SSSR count). The number of hydrogen-bond acceptors (Lipinski definition) is 7. The second-order valence-corrected chi connectivity index (χ2v) is 8.07. The molecule has 0 saturated carbocycles. The average Bonchev–Trinajstić information content (AvgIpc) is 3.23.